The molecule has 0 amide bonds. The molecule has 0 atom stereocenters. The molecule has 0 radical (unpaired) electrons. The van der Waals surface area contributed by atoms with E-state index in [9.17, 15) is 4.39 Å². The molecule has 6 heteroatoms. The number of hydrogen-bond acceptors (Lipinski definition) is 2. The second-order valence-corrected chi connectivity index (χ2v) is 3.17. The van der Waals surface area contributed by atoms with Crippen molar-refractivity contribution in [3.8, 4) is 5.69 Å². The number of benzene rings is 1. The van der Waals surface area contributed by atoms with Crippen LogP contribution in [0.3, 0.4) is 0 Å². The lowest BCUT2D eigenvalue weighted by Crippen LogP contribution is -1.96. The van der Waals surface area contributed by atoms with E-state index in [0.717, 1.165) is 5.82 Å². The van der Waals surface area contributed by atoms with Gasteiger partial charge in [-0.25, -0.2) is 9.37 Å². The van der Waals surface area contributed by atoms with Crippen molar-refractivity contribution in [1.29, 1.82) is 0 Å². The van der Waals surface area contributed by atoms with Gasteiger partial charge in [0.1, 0.15) is 11.6 Å². The Morgan fingerprint density at radius 1 is 1.50 bits per heavy atom. The van der Waals surface area contributed by atoms with E-state index in [0.29, 0.717) is 5.69 Å². The summed E-state index contributed by atoms with van der Waals surface area (Å²) in [6.07, 6.45) is 3.34. The fourth-order valence-corrected chi connectivity index (χ4v) is 1.46. The van der Waals surface area contributed by atoms with E-state index in [4.69, 9.17) is 5.53 Å². The summed E-state index contributed by atoms with van der Waals surface area (Å²) in [6, 6.07) is 4.05. The molecule has 5 nitrogen and oxygen atoms in total. The molecule has 2 aromatic rings. The first kappa shape index (κ1) is 10.2. The van der Waals surface area contributed by atoms with Gasteiger partial charge < -0.3 is 4.57 Å². The second kappa shape index (κ2) is 4.04. The van der Waals surface area contributed by atoms with Crippen molar-refractivity contribution in [2.75, 3.05) is 0 Å². The van der Waals surface area contributed by atoms with E-state index in [1.165, 1.54) is 12.1 Å². The molecule has 0 fully saturated rings. The number of imidazole rings is 1. The van der Waals surface area contributed by atoms with Gasteiger partial charge in [0.25, 0.3) is 0 Å². The first-order valence-electron chi connectivity index (χ1n) is 4.57. The van der Waals surface area contributed by atoms with Gasteiger partial charge in [-0.3, -0.25) is 0 Å². The molecule has 1 heterocycles. The Balaban J connectivity index is 2.65. The van der Waals surface area contributed by atoms with E-state index >= 15 is 0 Å². The molecule has 80 valence electrons. The summed E-state index contributed by atoms with van der Waals surface area (Å²) >= 11 is 0. The van der Waals surface area contributed by atoms with Crippen molar-refractivity contribution >= 4 is 5.69 Å². The number of halogens is 1. The third-order valence-electron chi connectivity index (χ3n) is 2.18. The standard InChI is InChI=1S/C10H8FN5/c1-7-13-4-5-16(7)10-3-2-8(11)6-9(10)14-15-12/h2-6H,1H3. The zero-order valence-corrected chi connectivity index (χ0v) is 8.50. The highest BCUT2D eigenvalue weighted by Gasteiger charge is 2.06. The SMILES string of the molecule is Cc1nccn1-c1ccc(F)cc1N=[N+]=[N-]. The summed E-state index contributed by atoms with van der Waals surface area (Å²) in [5.41, 5.74) is 9.26. The van der Waals surface area contributed by atoms with E-state index in [1.54, 1.807) is 23.0 Å². The topological polar surface area (TPSA) is 66.6 Å². The fraction of sp³-hybridized carbons (Fsp3) is 0.100. The summed E-state index contributed by atoms with van der Waals surface area (Å²) in [4.78, 5) is 6.72. The van der Waals surface area contributed by atoms with Gasteiger partial charge in [0.05, 0.1) is 11.4 Å². The van der Waals surface area contributed by atoms with E-state index < -0.39 is 5.82 Å². The summed E-state index contributed by atoms with van der Waals surface area (Å²) in [5, 5.41) is 3.46. The lowest BCUT2D eigenvalue weighted by atomic mass is 10.2. The summed E-state index contributed by atoms with van der Waals surface area (Å²) in [5.74, 6) is 0.296. The Hall–Kier alpha value is -2.33. The molecule has 2 rings (SSSR count). The normalized spacial score (nSPS) is 9.88. The van der Waals surface area contributed by atoms with Crippen LogP contribution in [0.4, 0.5) is 10.1 Å². The number of aryl methyl sites for hydroxylation is 1. The average molecular weight is 217 g/mol. The zero-order chi connectivity index (χ0) is 11.5. The maximum absolute atomic E-state index is 13.0. The Kier molecular flexibility index (Phi) is 2.57. The van der Waals surface area contributed by atoms with Gasteiger partial charge in [0, 0.05) is 17.3 Å². The van der Waals surface area contributed by atoms with E-state index in [1.807, 2.05) is 6.92 Å². The maximum Gasteiger partial charge on any atom is 0.123 e. The van der Waals surface area contributed by atoms with Crippen molar-refractivity contribution in [3.63, 3.8) is 0 Å². The van der Waals surface area contributed by atoms with Gasteiger partial charge in [0.2, 0.25) is 0 Å². The number of rotatable bonds is 2. The van der Waals surface area contributed by atoms with Crippen LogP contribution in [0.25, 0.3) is 16.1 Å². The van der Waals surface area contributed by atoms with Gasteiger partial charge in [-0.15, -0.1) is 0 Å². The first-order chi connectivity index (χ1) is 7.72. The molecule has 0 aliphatic rings. The fourth-order valence-electron chi connectivity index (χ4n) is 1.46. The van der Waals surface area contributed by atoms with Crippen LogP contribution in [0, 0.1) is 12.7 Å². The summed E-state index contributed by atoms with van der Waals surface area (Å²) < 4.78 is 14.7. The maximum atomic E-state index is 13.0. The molecular weight excluding hydrogens is 209 g/mol. The molecular formula is C10H8FN5. The molecule has 1 aromatic carbocycles. The van der Waals surface area contributed by atoms with Gasteiger partial charge in [-0.05, 0) is 30.7 Å². The molecule has 16 heavy (non-hydrogen) atoms. The number of nitrogens with zero attached hydrogens (tertiary/aromatic N) is 5. The lowest BCUT2D eigenvalue weighted by Gasteiger charge is -2.07. The van der Waals surface area contributed by atoms with Crippen LogP contribution in [-0.2, 0) is 0 Å². The van der Waals surface area contributed by atoms with Gasteiger partial charge >= 0.3 is 0 Å². The van der Waals surface area contributed by atoms with Crippen molar-refractivity contribution in [2.45, 2.75) is 6.92 Å². The van der Waals surface area contributed by atoms with Crippen LogP contribution in [0.1, 0.15) is 5.82 Å². The van der Waals surface area contributed by atoms with Gasteiger partial charge in [0.15, 0.2) is 0 Å². The highest BCUT2D eigenvalue weighted by Crippen LogP contribution is 2.25. The first-order valence-corrected chi connectivity index (χ1v) is 4.57. The predicted molar refractivity (Wildman–Crippen MR) is 57.1 cm³/mol. The minimum absolute atomic E-state index is 0.239. The molecule has 0 N–H and O–H groups in total. The Bertz CT molecular complexity index is 568. The van der Waals surface area contributed by atoms with Crippen LogP contribution in [-0.4, -0.2) is 9.55 Å². The highest BCUT2D eigenvalue weighted by molar-refractivity contribution is 5.57. The number of azide groups is 1. The molecule has 0 aliphatic carbocycles. The highest BCUT2D eigenvalue weighted by atomic mass is 19.1. The molecule has 0 bridgehead atoms. The minimum Gasteiger partial charge on any atom is -0.304 e. The molecule has 0 unspecified atom stereocenters. The smallest absolute Gasteiger partial charge is 0.123 e. The summed E-state index contributed by atoms with van der Waals surface area (Å²) in [7, 11) is 0. The van der Waals surface area contributed by atoms with Gasteiger partial charge in [-0.1, -0.05) is 5.11 Å². The second-order valence-electron chi connectivity index (χ2n) is 3.17. The van der Waals surface area contributed by atoms with Crippen LogP contribution < -0.4 is 0 Å². The zero-order valence-electron chi connectivity index (χ0n) is 8.50. The lowest BCUT2D eigenvalue weighted by molar-refractivity contribution is 0.627. The van der Waals surface area contributed by atoms with Crippen molar-refractivity contribution in [2.24, 2.45) is 5.11 Å². The number of hydrogen-bond donors (Lipinski definition) is 0. The van der Waals surface area contributed by atoms with Gasteiger partial charge in [-0.2, -0.15) is 0 Å². The van der Waals surface area contributed by atoms with Crippen molar-refractivity contribution in [3.05, 3.63) is 52.7 Å². The third kappa shape index (κ3) is 1.74. The third-order valence-corrected chi connectivity index (χ3v) is 2.18. The van der Waals surface area contributed by atoms with E-state index in [-0.39, 0.29) is 5.69 Å². The van der Waals surface area contributed by atoms with Crippen molar-refractivity contribution in [1.82, 2.24) is 9.55 Å². The largest absolute Gasteiger partial charge is 0.304 e. The Labute approximate surface area is 90.8 Å². The van der Waals surface area contributed by atoms with Crippen LogP contribution in [0.2, 0.25) is 0 Å². The summed E-state index contributed by atoms with van der Waals surface area (Å²) in [6.45, 7) is 1.81. The average Bonchev–Trinajstić information content (AvgIpc) is 2.65. The van der Waals surface area contributed by atoms with Crippen LogP contribution in [0.5, 0.6) is 0 Å². The monoisotopic (exact) mass is 217 g/mol. The molecule has 0 saturated heterocycles. The van der Waals surface area contributed by atoms with Crippen molar-refractivity contribution < 1.29 is 4.39 Å². The Morgan fingerprint density at radius 3 is 2.94 bits per heavy atom. The van der Waals surface area contributed by atoms with Crippen LogP contribution in [0.15, 0.2) is 35.7 Å². The quantitative estimate of drug-likeness (QED) is 0.432. The van der Waals surface area contributed by atoms with Crippen LogP contribution >= 0.6 is 0 Å². The predicted octanol–water partition coefficient (Wildman–Crippen LogP) is 3.26. The molecule has 0 spiro atoms. The molecule has 0 aliphatic heterocycles. The minimum atomic E-state index is -0.441. The Morgan fingerprint density at radius 2 is 2.31 bits per heavy atom. The van der Waals surface area contributed by atoms with E-state index in [2.05, 4.69) is 15.0 Å². The molecule has 0 saturated carbocycles. The molecule has 1 aromatic heterocycles. The number of aromatic nitrogens is 2.